The Morgan fingerprint density at radius 1 is 1.11 bits per heavy atom. The Balaban J connectivity index is 0.00000392. The van der Waals surface area contributed by atoms with Crippen LogP contribution in [0.1, 0.15) is 28.1 Å². The number of ether oxygens (including phenoxy) is 3. The number of thiazole rings is 1. The van der Waals surface area contributed by atoms with Gasteiger partial charge in [0.05, 0.1) is 33.1 Å². The molecule has 0 amide bonds. The summed E-state index contributed by atoms with van der Waals surface area (Å²) in [6.45, 7) is 7.76. The highest BCUT2D eigenvalue weighted by Gasteiger charge is 2.14. The maximum Gasteiger partial charge on any atom is 0.203 e. The number of nitrogens with one attached hydrogen (secondary N) is 2. The molecule has 0 aliphatic carbocycles. The standard InChI is InChI=1S/C19H28N4O3S.HI/c1-7-26-18-15(24-5)8-14(9-16(18)25-6)10-21-19(20-4)22-11-17-23-12(2)13(3)27-17;/h8-9H,7,10-11H2,1-6H3,(H2,20,21,22);1H. The van der Waals surface area contributed by atoms with Gasteiger partial charge in [0.1, 0.15) is 5.01 Å². The van der Waals surface area contributed by atoms with Crippen LogP contribution in [0.25, 0.3) is 0 Å². The molecule has 156 valence electrons. The van der Waals surface area contributed by atoms with Crippen LogP contribution in [0.2, 0.25) is 0 Å². The number of benzene rings is 1. The molecule has 28 heavy (non-hydrogen) atoms. The molecule has 0 bridgehead atoms. The van der Waals surface area contributed by atoms with Crippen LogP contribution < -0.4 is 24.8 Å². The number of aryl methyl sites for hydroxylation is 2. The van der Waals surface area contributed by atoms with Crippen LogP contribution in [0, 0.1) is 13.8 Å². The second-order valence-electron chi connectivity index (χ2n) is 5.79. The lowest BCUT2D eigenvalue weighted by molar-refractivity contribution is 0.288. The predicted octanol–water partition coefficient (Wildman–Crippen LogP) is 3.66. The molecule has 0 aliphatic rings. The van der Waals surface area contributed by atoms with Crippen molar-refractivity contribution in [3.63, 3.8) is 0 Å². The van der Waals surface area contributed by atoms with Crippen LogP contribution in [0.4, 0.5) is 0 Å². The number of hydrogen-bond donors (Lipinski definition) is 2. The first-order valence-electron chi connectivity index (χ1n) is 8.77. The van der Waals surface area contributed by atoms with Gasteiger partial charge in [0.2, 0.25) is 5.75 Å². The van der Waals surface area contributed by atoms with Gasteiger partial charge in [0, 0.05) is 18.5 Å². The Bertz CT molecular complexity index is 751. The molecule has 0 radical (unpaired) electrons. The maximum absolute atomic E-state index is 5.64. The first-order valence-corrected chi connectivity index (χ1v) is 9.59. The molecular weight excluding hydrogens is 491 g/mol. The fraction of sp³-hybridized carbons (Fsp3) is 0.474. The highest BCUT2D eigenvalue weighted by Crippen LogP contribution is 2.38. The number of nitrogens with zero attached hydrogens (tertiary/aromatic N) is 2. The summed E-state index contributed by atoms with van der Waals surface area (Å²) in [6, 6.07) is 3.86. The number of hydrogen-bond acceptors (Lipinski definition) is 6. The summed E-state index contributed by atoms with van der Waals surface area (Å²) < 4.78 is 16.5. The van der Waals surface area contributed by atoms with Crippen LogP contribution in [-0.4, -0.2) is 38.8 Å². The molecule has 2 rings (SSSR count). The topological polar surface area (TPSA) is 77.0 Å². The van der Waals surface area contributed by atoms with E-state index in [1.54, 1.807) is 32.6 Å². The zero-order valence-electron chi connectivity index (χ0n) is 17.2. The van der Waals surface area contributed by atoms with Crippen LogP contribution in [-0.2, 0) is 13.1 Å². The fourth-order valence-corrected chi connectivity index (χ4v) is 3.38. The van der Waals surface area contributed by atoms with Gasteiger partial charge in [-0.2, -0.15) is 0 Å². The van der Waals surface area contributed by atoms with Gasteiger partial charge in [-0.05, 0) is 38.5 Å². The third kappa shape index (κ3) is 6.40. The molecule has 0 unspecified atom stereocenters. The van der Waals surface area contributed by atoms with Gasteiger partial charge < -0.3 is 24.8 Å². The van der Waals surface area contributed by atoms with Crippen LogP contribution in [0.5, 0.6) is 17.2 Å². The molecule has 1 aromatic carbocycles. The van der Waals surface area contributed by atoms with E-state index in [9.17, 15) is 0 Å². The Morgan fingerprint density at radius 2 is 1.71 bits per heavy atom. The van der Waals surface area contributed by atoms with Gasteiger partial charge >= 0.3 is 0 Å². The van der Waals surface area contributed by atoms with Gasteiger partial charge in [-0.1, -0.05) is 0 Å². The van der Waals surface area contributed by atoms with Crippen molar-refractivity contribution in [2.45, 2.75) is 33.9 Å². The van der Waals surface area contributed by atoms with E-state index in [1.807, 2.05) is 26.0 Å². The van der Waals surface area contributed by atoms with Crippen molar-refractivity contribution in [3.05, 3.63) is 33.3 Å². The van der Waals surface area contributed by atoms with E-state index < -0.39 is 0 Å². The summed E-state index contributed by atoms with van der Waals surface area (Å²) in [5.41, 5.74) is 2.07. The molecule has 2 aromatic rings. The van der Waals surface area contributed by atoms with E-state index in [0.717, 1.165) is 16.3 Å². The first-order chi connectivity index (χ1) is 13.0. The van der Waals surface area contributed by atoms with Crippen molar-refractivity contribution in [1.29, 1.82) is 0 Å². The average molecular weight is 520 g/mol. The van der Waals surface area contributed by atoms with E-state index in [2.05, 4.69) is 27.5 Å². The number of methoxy groups -OCH3 is 2. The summed E-state index contributed by atoms with van der Waals surface area (Å²) >= 11 is 1.69. The Morgan fingerprint density at radius 3 is 2.18 bits per heavy atom. The van der Waals surface area contributed by atoms with Gasteiger partial charge in [0.25, 0.3) is 0 Å². The van der Waals surface area contributed by atoms with Gasteiger partial charge in [-0.25, -0.2) is 4.98 Å². The van der Waals surface area contributed by atoms with Crippen LogP contribution >= 0.6 is 35.3 Å². The third-order valence-corrected chi connectivity index (χ3v) is 5.05. The lowest BCUT2D eigenvalue weighted by Gasteiger charge is -2.16. The van der Waals surface area contributed by atoms with Crippen molar-refractivity contribution in [2.24, 2.45) is 4.99 Å². The molecular formula is C19H29IN4O3S. The van der Waals surface area contributed by atoms with E-state index >= 15 is 0 Å². The molecule has 7 nitrogen and oxygen atoms in total. The number of rotatable bonds is 8. The number of guanidine groups is 1. The molecule has 9 heteroatoms. The normalized spacial score (nSPS) is 10.9. The summed E-state index contributed by atoms with van der Waals surface area (Å²) in [6.07, 6.45) is 0. The van der Waals surface area contributed by atoms with Crippen molar-refractivity contribution < 1.29 is 14.2 Å². The zero-order chi connectivity index (χ0) is 19.8. The molecule has 0 spiro atoms. The van der Waals surface area contributed by atoms with E-state index in [4.69, 9.17) is 14.2 Å². The smallest absolute Gasteiger partial charge is 0.203 e. The minimum absolute atomic E-state index is 0. The van der Waals surface area contributed by atoms with Gasteiger partial charge in [-0.15, -0.1) is 35.3 Å². The quantitative estimate of drug-likeness (QED) is 0.315. The SMILES string of the molecule is CCOc1c(OC)cc(CNC(=NC)NCc2nc(C)c(C)s2)cc1OC.I. The number of aromatic nitrogens is 1. The second-order valence-corrected chi connectivity index (χ2v) is 7.08. The molecule has 1 heterocycles. The van der Waals surface area contributed by atoms with Crippen molar-refractivity contribution in [3.8, 4) is 17.2 Å². The molecule has 0 atom stereocenters. The molecule has 1 aromatic heterocycles. The molecule has 0 aliphatic heterocycles. The molecule has 0 saturated heterocycles. The lowest BCUT2D eigenvalue weighted by atomic mass is 10.2. The Kier molecular flexibility index (Phi) is 10.4. The highest BCUT2D eigenvalue weighted by atomic mass is 127. The molecule has 2 N–H and O–H groups in total. The Hall–Kier alpha value is -1.75. The van der Waals surface area contributed by atoms with Gasteiger partial charge in [-0.3, -0.25) is 4.99 Å². The van der Waals surface area contributed by atoms with Crippen molar-refractivity contribution in [1.82, 2.24) is 15.6 Å². The average Bonchev–Trinajstić information content (AvgIpc) is 3.00. The summed E-state index contributed by atoms with van der Waals surface area (Å²) in [5.74, 6) is 2.60. The summed E-state index contributed by atoms with van der Waals surface area (Å²) in [5, 5.41) is 7.62. The monoisotopic (exact) mass is 520 g/mol. The largest absolute Gasteiger partial charge is 0.493 e. The fourth-order valence-electron chi connectivity index (χ4n) is 2.50. The maximum atomic E-state index is 5.64. The highest BCUT2D eigenvalue weighted by molar-refractivity contribution is 14.0. The first kappa shape index (κ1) is 24.3. The van der Waals surface area contributed by atoms with Crippen LogP contribution in [0.15, 0.2) is 17.1 Å². The zero-order valence-corrected chi connectivity index (χ0v) is 20.4. The number of halogens is 1. The minimum atomic E-state index is 0. The second kappa shape index (κ2) is 11.9. The number of aliphatic imine (C=N–C) groups is 1. The van der Waals surface area contributed by atoms with E-state index in [-0.39, 0.29) is 24.0 Å². The van der Waals surface area contributed by atoms with E-state index in [1.165, 1.54) is 4.88 Å². The lowest BCUT2D eigenvalue weighted by Crippen LogP contribution is -2.36. The van der Waals surface area contributed by atoms with E-state index in [0.29, 0.717) is 42.9 Å². The third-order valence-electron chi connectivity index (χ3n) is 3.97. The van der Waals surface area contributed by atoms with Crippen molar-refractivity contribution >= 4 is 41.3 Å². The van der Waals surface area contributed by atoms with Crippen LogP contribution in [0.3, 0.4) is 0 Å². The molecule has 0 saturated carbocycles. The summed E-state index contributed by atoms with van der Waals surface area (Å²) in [7, 11) is 4.98. The Labute approximate surface area is 187 Å². The minimum Gasteiger partial charge on any atom is -0.493 e. The van der Waals surface area contributed by atoms with Gasteiger partial charge in [0.15, 0.2) is 17.5 Å². The molecule has 0 fully saturated rings. The predicted molar refractivity (Wildman–Crippen MR) is 125 cm³/mol. The summed E-state index contributed by atoms with van der Waals surface area (Å²) in [4.78, 5) is 10.0. The van der Waals surface area contributed by atoms with Crippen molar-refractivity contribution in [2.75, 3.05) is 27.9 Å².